The fourth-order valence-corrected chi connectivity index (χ4v) is 9.23. The molecule has 0 aliphatic rings. The summed E-state index contributed by atoms with van der Waals surface area (Å²) in [5.74, 6) is -0.685. The van der Waals surface area contributed by atoms with Gasteiger partial charge in [0.05, 0.1) is 36.3 Å². The molecule has 0 unspecified atom stereocenters. The van der Waals surface area contributed by atoms with Crippen LogP contribution in [0.1, 0.15) is 104 Å². The van der Waals surface area contributed by atoms with Crippen LogP contribution in [0.25, 0.3) is 10.2 Å². The number of aromatic nitrogens is 1. The number of carbonyl (C=O) groups is 1. The lowest BCUT2D eigenvalue weighted by Gasteiger charge is -2.13. The third-order valence-corrected chi connectivity index (χ3v) is 13.0. The van der Waals surface area contributed by atoms with E-state index in [9.17, 15) is 34.6 Å². The molecule has 0 radical (unpaired) electrons. The normalized spacial score (nSPS) is 12.9. The van der Waals surface area contributed by atoms with Crippen LogP contribution >= 0.6 is 11.3 Å². The quantitative estimate of drug-likeness (QED) is 0.0628. The van der Waals surface area contributed by atoms with Crippen LogP contribution in [0.5, 0.6) is 0 Å². The third kappa shape index (κ3) is 12.0. The van der Waals surface area contributed by atoms with E-state index in [1.807, 2.05) is 0 Å². The van der Waals surface area contributed by atoms with Crippen molar-refractivity contribution in [2.45, 2.75) is 118 Å². The molecule has 0 spiro atoms. The molecule has 16 heteroatoms. The first-order valence-corrected chi connectivity index (χ1v) is 21.8. The molecule has 1 heterocycles. The molecule has 0 saturated carbocycles. The van der Waals surface area contributed by atoms with Gasteiger partial charge in [0.25, 0.3) is 20.1 Å². The predicted octanol–water partition coefficient (Wildman–Crippen LogP) is 6.49. The lowest BCUT2D eigenvalue weighted by atomic mass is 10.0. The Labute approximate surface area is 288 Å². The number of hydrogen-bond acceptors (Lipinski definition) is 9. The maximum atomic E-state index is 13.2. The number of fused-ring (bicyclic) bond motifs is 1. The molecule has 268 valence electrons. The van der Waals surface area contributed by atoms with Crippen molar-refractivity contribution in [1.29, 1.82) is 0 Å². The van der Waals surface area contributed by atoms with Crippen LogP contribution in [0, 0.1) is 0 Å². The lowest BCUT2D eigenvalue weighted by Crippen LogP contribution is -2.24. The highest BCUT2D eigenvalue weighted by molar-refractivity contribution is 7.91. The molecule has 0 bridgehead atoms. The number of hydrogen-bond donors (Lipinski definition) is 3. The molecule has 3 N–H and O–H groups in total. The molecule has 2 aromatic carbocycles. The van der Waals surface area contributed by atoms with Gasteiger partial charge in [-0.3, -0.25) is 9.35 Å². The number of sulfone groups is 1. The number of unbranched alkanes of at least 4 members (excludes halogenated alkanes) is 13. The van der Waals surface area contributed by atoms with Crippen molar-refractivity contribution in [2.75, 3.05) is 11.1 Å². The van der Waals surface area contributed by atoms with Gasteiger partial charge in [0, 0.05) is 14.0 Å². The summed E-state index contributed by atoms with van der Waals surface area (Å²) >= 11 is 1.07. The molecule has 3 rings (SSSR count). The summed E-state index contributed by atoms with van der Waals surface area (Å²) in [7, 11) is -11.0. The minimum Gasteiger partial charge on any atom is -0.325 e. The second kappa shape index (κ2) is 18.3. The first-order chi connectivity index (χ1) is 22.7. The fraction of sp³-hybridized carbons (Fsp3) is 0.562. The highest BCUT2D eigenvalue weighted by Crippen LogP contribution is 2.27. The maximum Gasteiger partial charge on any atom is 0.294 e. The number of sulfonamides is 1. The Morgan fingerprint density at radius 2 is 1.33 bits per heavy atom. The SMILES string of the molecule is CCCCCCCCCCCCCCCCS(=O)(=O)c1ccc(S(=O)(=O)N/N=c2/sc3ccc(S(=O)(=O)O)cc3n2C)cc1NC(C)=O. The zero-order valence-corrected chi connectivity index (χ0v) is 31.2. The van der Waals surface area contributed by atoms with E-state index in [4.69, 9.17) is 0 Å². The van der Waals surface area contributed by atoms with Crippen LogP contribution in [0.4, 0.5) is 5.69 Å². The van der Waals surface area contributed by atoms with Gasteiger partial charge in [0.2, 0.25) is 10.7 Å². The van der Waals surface area contributed by atoms with E-state index in [1.54, 1.807) is 7.05 Å². The summed E-state index contributed by atoms with van der Waals surface area (Å²) < 4.78 is 87.2. The van der Waals surface area contributed by atoms with Crippen LogP contribution in [-0.4, -0.2) is 46.0 Å². The van der Waals surface area contributed by atoms with Gasteiger partial charge in [-0.15, -0.1) is 5.10 Å². The van der Waals surface area contributed by atoms with Gasteiger partial charge in [-0.2, -0.15) is 21.7 Å². The number of anilines is 1. The highest BCUT2D eigenvalue weighted by Gasteiger charge is 2.23. The summed E-state index contributed by atoms with van der Waals surface area (Å²) in [4.78, 5) is 13.4. The summed E-state index contributed by atoms with van der Waals surface area (Å²) in [6.45, 7) is 3.43. The Hall–Kier alpha value is -2.79. The third-order valence-electron chi connectivity index (χ3n) is 8.01. The molecule has 12 nitrogen and oxygen atoms in total. The van der Waals surface area contributed by atoms with Crippen LogP contribution in [0.15, 0.2) is 56.2 Å². The summed E-state index contributed by atoms with van der Waals surface area (Å²) in [6.07, 6.45) is 16.0. The van der Waals surface area contributed by atoms with Crippen molar-refractivity contribution >= 4 is 63.1 Å². The molecule has 0 aliphatic carbocycles. The van der Waals surface area contributed by atoms with Crippen LogP contribution < -0.4 is 14.9 Å². The van der Waals surface area contributed by atoms with Crippen LogP contribution in [0.2, 0.25) is 0 Å². The molecule has 48 heavy (non-hydrogen) atoms. The molecule has 1 amide bonds. The number of nitrogens with zero attached hydrogens (tertiary/aromatic N) is 2. The molecule has 0 atom stereocenters. The molecule has 1 aromatic heterocycles. The monoisotopic (exact) mass is 744 g/mol. The van der Waals surface area contributed by atoms with E-state index < -0.39 is 35.9 Å². The highest BCUT2D eigenvalue weighted by atomic mass is 32.2. The van der Waals surface area contributed by atoms with Crippen LogP contribution in [0.3, 0.4) is 0 Å². The van der Waals surface area contributed by atoms with Crippen molar-refractivity contribution in [2.24, 2.45) is 12.1 Å². The number of aryl methyl sites for hydroxylation is 1. The Morgan fingerprint density at radius 3 is 1.88 bits per heavy atom. The number of nitrogens with one attached hydrogen (secondary N) is 2. The van der Waals surface area contributed by atoms with Crippen molar-refractivity contribution in [3.63, 3.8) is 0 Å². The van der Waals surface area contributed by atoms with Crippen LogP contribution in [-0.2, 0) is 41.8 Å². The van der Waals surface area contributed by atoms with Gasteiger partial charge in [-0.25, -0.2) is 8.42 Å². The van der Waals surface area contributed by atoms with Crippen molar-refractivity contribution in [3.05, 3.63) is 41.2 Å². The minimum absolute atomic E-state index is 0.126. The van der Waals surface area contributed by atoms with Gasteiger partial charge < -0.3 is 9.88 Å². The molecule has 3 aromatic rings. The number of carbonyl (C=O) groups excluding carboxylic acids is 1. The number of benzene rings is 2. The zero-order chi connectivity index (χ0) is 35.4. The van der Waals surface area contributed by atoms with Gasteiger partial charge >= 0.3 is 0 Å². The van der Waals surface area contributed by atoms with Crippen molar-refractivity contribution in [3.8, 4) is 0 Å². The molecule has 0 aliphatic heterocycles. The van der Waals surface area contributed by atoms with E-state index in [2.05, 4.69) is 22.2 Å². The van der Waals surface area contributed by atoms with E-state index in [-0.39, 0.29) is 30.9 Å². The first-order valence-electron chi connectivity index (χ1n) is 16.4. The standard InChI is InChI=1S/C32H48N4O8S4/c1-4-5-6-7-8-9-10-11-12-13-14-15-16-17-22-46(38,39)31-21-19-26(23-28(31)33-25(2)37)47(40,41)35-34-32-36(3)29-24-27(48(42,43)44)18-20-30(29)45-32/h18-21,23-24,35H,4-17,22H2,1-3H3,(H,33,37)(H,42,43,44)/b34-32+. The lowest BCUT2D eigenvalue weighted by molar-refractivity contribution is -0.114. The first kappa shape index (κ1) is 39.6. The fourth-order valence-electron chi connectivity index (χ4n) is 5.36. The summed E-state index contributed by atoms with van der Waals surface area (Å²) in [6, 6.07) is 7.33. The molecular formula is C32H48N4O8S4. The van der Waals surface area contributed by atoms with Crippen molar-refractivity contribution < 1.29 is 34.6 Å². The Bertz CT molecular complexity index is 1930. The van der Waals surface area contributed by atoms with Gasteiger partial charge in [0.15, 0.2) is 9.84 Å². The van der Waals surface area contributed by atoms with E-state index in [0.29, 0.717) is 16.6 Å². The van der Waals surface area contributed by atoms with Gasteiger partial charge in [0.1, 0.15) is 0 Å². The second-order valence-corrected chi connectivity index (χ2v) is 18.2. The van der Waals surface area contributed by atoms with E-state index in [1.165, 1.54) is 93.5 Å². The molecule has 0 saturated heterocycles. The smallest absolute Gasteiger partial charge is 0.294 e. The van der Waals surface area contributed by atoms with Gasteiger partial charge in [-0.05, 0) is 42.8 Å². The van der Waals surface area contributed by atoms with Crippen molar-refractivity contribution in [1.82, 2.24) is 9.40 Å². The predicted molar refractivity (Wildman–Crippen MR) is 190 cm³/mol. The van der Waals surface area contributed by atoms with E-state index in [0.717, 1.165) is 49.2 Å². The number of rotatable bonds is 21. The zero-order valence-electron chi connectivity index (χ0n) is 27.9. The molecule has 0 fully saturated rings. The minimum atomic E-state index is -4.44. The largest absolute Gasteiger partial charge is 0.325 e. The summed E-state index contributed by atoms with van der Waals surface area (Å²) in [5, 5.41) is 6.42. The average molecular weight is 745 g/mol. The summed E-state index contributed by atoms with van der Waals surface area (Å²) in [5.41, 5.74) is 0.260. The Morgan fingerprint density at radius 1 is 0.792 bits per heavy atom. The number of amides is 1. The van der Waals surface area contributed by atoms with Gasteiger partial charge in [-0.1, -0.05) is 102 Å². The topological polar surface area (TPSA) is 181 Å². The number of thiazole rings is 1. The van der Waals surface area contributed by atoms with E-state index >= 15 is 0 Å². The second-order valence-electron chi connectivity index (χ2n) is 12.0. The molecular weight excluding hydrogens is 697 g/mol. The maximum absolute atomic E-state index is 13.2. The average Bonchev–Trinajstić information content (AvgIpc) is 3.34. The Kier molecular flexibility index (Phi) is 15.1. The Balaban J connectivity index is 1.60.